The van der Waals surface area contributed by atoms with Crippen LogP contribution in [0, 0.1) is 0 Å². The Morgan fingerprint density at radius 1 is 0.629 bits per heavy atom. The second-order valence-electron chi connectivity index (χ2n) is 7.88. The monoisotopic (exact) mass is 535 g/mol. The predicted molar refractivity (Wildman–Crippen MR) is 159 cm³/mol. The molecular formula is C29H27ClNOPS2. The molecule has 1 amide bonds. The Morgan fingerprint density at radius 2 is 0.971 bits per heavy atom. The Morgan fingerprint density at radius 3 is 1.31 bits per heavy atom. The number of hydrogen-bond donors (Lipinski definition) is 1. The summed E-state index contributed by atoms with van der Waals surface area (Å²) in [4.78, 5) is 13.7. The summed E-state index contributed by atoms with van der Waals surface area (Å²) in [7, 11) is 0. The standard InChI is InChI=1S/C29H27ClNOPS2/c1-34-29(35-2)28(31-27(32)23-15-7-3-8-16-23)33(30,24-17-9-4-10-18-24,25-19-11-5-12-20-25)26-21-13-6-14-22-26/h3-22H,1-2H3,(H,31,32). The maximum atomic E-state index is 13.7. The van der Waals surface area contributed by atoms with E-state index in [1.807, 2.05) is 97.4 Å². The van der Waals surface area contributed by atoms with Crippen LogP contribution in [0.2, 0.25) is 0 Å². The molecule has 0 atom stereocenters. The molecular weight excluding hydrogens is 509 g/mol. The summed E-state index contributed by atoms with van der Waals surface area (Å²) in [6.45, 7) is 0. The van der Waals surface area contributed by atoms with Crippen molar-refractivity contribution >= 4 is 62.5 Å². The van der Waals surface area contributed by atoms with Crippen molar-refractivity contribution in [2.45, 2.75) is 0 Å². The zero-order valence-electron chi connectivity index (χ0n) is 19.6. The molecule has 4 aromatic carbocycles. The van der Waals surface area contributed by atoms with Crippen LogP contribution in [0.1, 0.15) is 10.4 Å². The van der Waals surface area contributed by atoms with Crippen LogP contribution in [0.15, 0.2) is 131 Å². The summed E-state index contributed by atoms with van der Waals surface area (Å²) in [6.07, 6.45) is 4.05. The molecule has 0 aliphatic carbocycles. The SMILES string of the molecule is CSC(SC)=C(NC(=O)c1ccccc1)P(Cl)(c1ccccc1)(c1ccccc1)c1ccccc1. The van der Waals surface area contributed by atoms with Crippen LogP contribution in [-0.2, 0) is 0 Å². The van der Waals surface area contributed by atoms with Gasteiger partial charge >= 0.3 is 222 Å². The van der Waals surface area contributed by atoms with E-state index in [1.54, 1.807) is 23.5 Å². The number of hydrogen-bond acceptors (Lipinski definition) is 3. The summed E-state index contributed by atoms with van der Waals surface area (Å²) < 4.78 is 0.971. The van der Waals surface area contributed by atoms with E-state index in [2.05, 4.69) is 41.7 Å². The van der Waals surface area contributed by atoms with Crippen LogP contribution in [-0.4, -0.2) is 18.4 Å². The number of amides is 1. The van der Waals surface area contributed by atoms with Gasteiger partial charge < -0.3 is 0 Å². The van der Waals surface area contributed by atoms with Crippen LogP contribution >= 0.6 is 40.7 Å². The van der Waals surface area contributed by atoms with Crippen LogP contribution in [0.5, 0.6) is 0 Å². The zero-order valence-corrected chi connectivity index (χ0v) is 22.9. The third kappa shape index (κ3) is 4.57. The van der Waals surface area contributed by atoms with Gasteiger partial charge in [0.05, 0.1) is 0 Å². The van der Waals surface area contributed by atoms with Gasteiger partial charge in [0.1, 0.15) is 0 Å². The molecule has 6 heteroatoms. The molecule has 0 unspecified atom stereocenters. The molecule has 0 saturated heterocycles. The van der Waals surface area contributed by atoms with Crippen molar-refractivity contribution in [3.05, 3.63) is 137 Å². The number of halogens is 1. The molecule has 1 N–H and O–H groups in total. The minimum atomic E-state index is -3.91. The third-order valence-electron chi connectivity index (χ3n) is 5.98. The first-order valence-corrected chi connectivity index (χ1v) is 16.7. The quantitative estimate of drug-likeness (QED) is 0.247. The Labute approximate surface area is 220 Å². The molecule has 2 nitrogen and oxygen atoms in total. The van der Waals surface area contributed by atoms with E-state index in [4.69, 9.17) is 11.2 Å². The van der Waals surface area contributed by atoms with E-state index in [9.17, 15) is 4.79 Å². The van der Waals surface area contributed by atoms with Gasteiger partial charge in [-0.25, -0.2) is 0 Å². The van der Waals surface area contributed by atoms with Gasteiger partial charge in [0.15, 0.2) is 0 Å². The fourth-order valence-electron chi connectivity index (χ4n) is 4.33. The van der Waals surface area contributed by atoms with E-state index in [0.29, 0.717) is 5.56 Å². The van der Waals surface area contributed by atoms with Gasteiger partial charge in [-0.2, -0.15) is 0 Å². The molecule has 0 heterocycles. The Balaban J connectivity index is 2.15. The summed E-state index contributed by atoms with van der Waals surface area (Å²) in [5.74, 6) is -4.09. The molecule has 0 fully saturated rings. The molecule has 0 spiro atoms. The number of carbonyl (C=O) groups is 1. The first-order valence-electron chi connectivity index (χ1n) is 11.1. The Bertz CT molecular complexity index is 1210. The van der Waals surface area contributed by atoms with Gasteiger partial charge in [0, 0.05) is 0 Å². The number of carbonyl (C=O) groups excluding carboxylic acids is 1. The van der Waals surface area contributed by atoms with Crippen LogP contribution in [0.3, 0.4) is 0 Å². The van der Waals surface area contributed by atoms with Crippen LogP contribution in [0.25, 0.3) is 0 Å². The zero-order chi connectivity index (χ0) is 24.8. The van der Waals surface area contributed by atoms with E-state index in [-0.39, 0.29) is 5.91 Å². The molecule has 0 aliphatic rings. The summed E-state index contributed by atoms with van der Waals surface area (Å²) >= 11 is 11.6. The van der Waals surface area contributed by atoms with Crippen molar-refractivity contribution in [3.8, 4) is 0 Å². The van der Waals surface area contributed by atoms with Crippen LogP contribution < -0.4 is 21.2 Å². The third-order valence-corrected chi connectivity index (χ3v) is 15.7. The molecule has 0 saturated carbocycles. The molecule has 0 aliphatic heterocycles. The Kier molecular flexibility index (Phi) is 8.09. The first kappa shape index (κ1) is 25.6. The minimum absolute atomic E-state index is 0.182. The van der Waals surface area contributed by atoms with Gasteiger partial charge in [-0.3, -0.25) is 0 Å². The number of rotatable bonds is 8. The predicted octanol–water partition coefficient (Wildman–Crippen LogP) is 6.95. The fraction of sp³-hybridized carbons (Fsp3) is 0.0690. The van der Waals surface area contributed by atoms with Gasteiger partial charge in [-0.05, 0) is 0 Å². The van der Waals surface area contributed by atoms with Crippen molar-refractivity contribution in [2.24, 2.45) is 0 Å². The normalized spacial score (nSPS) is 12.3. The molecule has 4 rings (SSSR count). The second kappa shape index (κ2) is 11.1. The van der Waals surface area contributed by atoms with E-state index in [1.165, 1.54) is 0 Å². The van der Waals surface area contributed by atoms with Crippen molar-refractivity contribution in [3.63, 3.8) is 0 Å². The molecule has 35 heavy (non-hydrogen) atoms. The van der Waals surface area contributed by atoms with E-state index >= 15 is 0 Å². The van der Waals surface area contributed by atoms with Crippen molar-refractivity contribution in [1.29, 1.82) is 0 Å². The van der Waals surface area contributed by atoms with Gasteiger partial charge in [0.2, 0.25) is 0 Å². The van der Waals surface area contributed by atoms with Crippen molar-refractivity contribution in [1.82, 2.24) is 5.32 Å². The second-order valence-corrected chi connectivity index (χ2v) is 15.8. The molecule has 178 valence electrons. The number of thioether (sulfide) groups is 2. The number of benzene rings is 4. The maximum absolute atomic E-state index is 13.7. The van der Waals surface area contributed by atoms with Gasteiger partial charge in [-0.15, -0.1) is 0 Å². The van der Waals surface area contributed by atoms with Crippen LogP contribution in [0.4, 0.5) is 0 Å². The van der Waals surface area contributed by atoms with Crippen molar-refractivity contribution < 1.29 is 4.79 Å². The Hall–Kier alpha value is -2.49. The molecule has 4 aromatic rings. The first-order chi connectivity index (χ1) is 17.0. The number of nitrogens with one attached hydrogen (secondary N) is 1. The topological polar surface area (TPSA) is 29.1 Å². The van der Waals surface area contributed by atoms with Crippen molar-refractivity contribution in [2.75, 3.05) is 12.5 Å². The molecule has 0 bridgehead atoms. The summed E-state index contributed by atoms with van der Waals surface area (Å²) in [5, 5.41) is 6.26. The van der Waals surface area contributed by atoms with Gasteiger partial charge in [-0.1, -0.05) is 0 Å². The van der Waals surface area contributed by atoms with E-state index in [0.717, 1.165) is 25.6 Å². The average molecular weight is 536 g/mol. The average Bonchev–Trinajstić information content (AvgIpc) is 2.94. The van der Waals surface area contributed by atoms with Gasteiger partial charge in [0.25, 0.3) is 0 Å². The molecule has 0 radical (unpaired) electrons. The summed E-state index contributed by atoms with van der Waals surface area (Å²) in [5.41, 5.74) is 1.33. The fourth-order valence-corrected chi connectivity index (χ4v) is 13.3. The molecule has 0 aromatic heterocycles. The summed E-state index contributed by atoms with van der Waals surface area (Å²) in [6, 6.07) is 39.8. The van der Waals surface area contributed by atoms with E-state index < -0.39 is 5.96 Å².